The number of piperidine rings is 1. The molecule has 7 heteroatoms. The van der Waals surface area contributed by atoms with Gasteiger partial charge in [0.2, 0.25) is 0 Å². The molecule has 1 amide bonds. The number of rotatable bonds is 3. The molecule has 1 aromatic carbocycles. The maximum atomic E-state index is 14.2. The van der Waals surface area contributed by atoms with Crippen LogP contribution in [0.15, 0.2) is 18.2 Å². The second-order valence-corrected chi connectivity index (χ2v) is 8.20. The van der Waals surface area contributed by atoms with Crippen LogP contribution in [-0.2, 0) is 14.3 Å². The molecule has 1 atom stereocenters. The highest BCUT2D eigenvalue weighted by Gasteiger charge is 2.51. The van der Waals surface area contributed by atoms with E-state index in [2.05, 4.69) is 4.90 Å². The van der Waals surface area contributed by atoms with Gasteiger partial charge in [-0.2, -0.15) is 0 Å². The van der Waals surface area contributed by atoms with Crippen LogP contribution in [0.25, 0.3) is 0 Å². The fraction of sp³-hybridized carbons (Fsp3) is 0.619. The maximum Gasteiger partial charge on any atom is 0.312 e. The Morgan fingerprint density at radius 2 is 1.93 bits per heavy atom. The molecule has 0 bridgehead atoms. The molecule has 3 fully saturated rings. The molecule has 3 aliphatic rings. The topological polar surface area (TPSA) is 59.1 Å². The van der Waals surface area contributed by atoms with E-state index in [0.29, 0.717) is 32.4 Å². The first-order chi connectivity index (χ1) is 13.5. The van der Waals surface area contributed by atoms with Crippen LogP contribution in [0.5, 0.6) is 0 Å². The van der Waals surface area contributed by atoms with Crippen LogP contribution in [-0.4, -0.2) is 73.7 Å². The monoisotopic (exact) mass is 390 g/mol. The van der Waals surface area contributed by atoms with Crippen LogP contribution >= 0.6 is 0 Å². The Balaban J connectivity index is 1.36. The van der Waals surface area contributed by atoms with Gasteiger partial charge in [0.15, 0.2) is 0 Å². The SMILES string of the molecule is Cc1ccc(C(=O)N2CCC3(CC2)CC(CN2CCOCC2)OC3=O)c(F)c1. The number of nitrogens with zero attached hydrogens (tertiary/aromatic N) is 2. The number of cyclic esters (lactones) is 1. The van der Waals surface area contributed by atoms with E-state index in [1.165, 1.54) is 6.07 Å². The van der Waals surface area contributed by atoms with E-state index in [9.17, 15) is 14.0 Å². The fourth-order valence-electron chi connectivity index (χ4n) is 4.52. The summed E-state index contributed by atoms with van der Waals surface area (Å²) in [5.41, 5.74) is 0.381. The molecule has 3 saturated heterocycles. The van der Waals surface area contributed by atoms with Crippen molar-refractivity contribution in [3.63, 3.8) is 0 Å². The lowest BCUT2D eigenvalue weighted by Gasteiger charge is -2.36. The van der Waals surface area contributed by atoms with E-state index >= 15 is 0 Å². The Labute approximate surface area is 164 Å². The quantitative estimate of drug-likeness (QED) is 0.739. The average molecular weight is 390 g/mol. The zero-order valence-corrected chi connectivity index (χ0v) is 16.3. The van der Waals surface area contributed by atoms with Gasteiger partial charge < -0.3 is 14.4 Å². The first-order valence-electron chi connectivity index (χ1n) is 10.0. The summed E-state index contributed by atoms with van der Waals surface area (Å²) >= 11 is 0. The van der Waals surface area contributed by atoms with Crippen molar-refractivity contribution in [3.8, 4) is 0 Å². The molecule has 0 radical (unpaired) electrons. The molecule has 1 aromatic rings. The molecule has 0 saturated carbocycles. The minimum Gasteiger partial charge on any atom is -0.461 e. The Morgan fingerprint density at radius 3 is 2.61 bits per heavy atom. The number of aryl methyl sites for hydroxylation is 1. The van der Waals surface area contributed by atoms with Gasteiger partial charge in [-0.05, 0) is 37.5 Å². The van der Waals surface area contributed by atoms with Gasteiger partial charge in [0, 0.05) is 39.1 Å². The number of likely N-dealkylation sites (tertiary alicyclic amines) is 1. The van der Waals surface area contributed by atoms with Gasteiger partial charge in [-0.1, -0.05) is 6.07 Å². The van der Waals surface area contributed by atoms with Crippen molar-refractivity contribution in [2.24, 2.45) is 5.41 Å². The first-order valence-corrected chi connectivity index (χ1v) is 10.0. The number of carbonyl (C=O) groups excluding carboxylic acids is 2. The standard InChI is InChI=1S/C21H27FN2O4/c1-15-2-3-17(18(22)12-15)19(25)24-6-4-21(5-7-24)13-16(28-20(21)26)14-23-8-10-27-11-9-23/h2-3,12,16H,4-11,13-14H2,1H3. The van der Waals surface area contributed by atoms with Crippen LogP contribution in [0.4, 0.5) is 4.39 Å². The number of hydrogen-bond acceptors (Lipinski definition) is 5. The van der Waals surface area contributed by atoms with Gasteiger partial charge in [-0.25, -0.2) is 4.39 Å². The predicted octanol–water partition coefficient (Wildman–Crippen LogP) is 2.00. The number of carbonyl (C=O) groups is 2. The van der Waals surface area contributed by atoms with Gasteiger partial charge in [-0.3, -0.25) is 14.5 Å². The molecule has 28 heavy (non-hydrogen) atoms. The third kappa shape index (κ3) is 3.78. The molecule has 1 unspecified atom stereocenters. The summed E-state index contributed by atoms with van der Waals surface area (Å²) in [4.78, 5) is 29.2. The fourth-order valence-corrected chi connectivity index (χ4v) is 4.52. The van der Waals surface area contributed by atoms with Crippen molar-refractivity contribution in [2.75, 3.05) is 45.9 Å². The van der Waals surface area contributed by atoms with Gasteiger partial charge >= 0.3 is 5.97 Å². The van der Waals surface area contributed by atoms with Crippen molar-refractivity contribution < 1.29 is 23.5 Å². The second-order valence-electron chi connectivity index (χ2n) is 8.20. The molecule has 4 rings (SSSR count). The lowest BCUT2D eigenvalue weighted by Crippen LogP contribution is -2.45. The predicted molar refractivity (Wildman–Crippen MR) is 100 cm³/mol. The normalized spacial score (nSPS) is 25.1. The van der Waals surface area contributed by atoms with Crippen molar-refractivity contribution >= 4 is 11.9 Å². The number of halogens is 1. The third-order valence-corrected chi connectivity index (χ3v) is 6.25. The van der Waals surface area contributed by atoms with Crippen LogP contribution in [0.3, 0.4) is 0 Å². The van der Waals surface area contributed by atoms with E-state index in [-0.39, 0.29) is 23.5 Å². The van der Waals surface area contributed by atoms with Gasteiger partial charge in [0.25, 0.3) is 5.91 Å². The number of ether oxygens (including phenoxy) is 2. The summed E-state index contributed by atoms with van der Waals surface area (Å²) in [5, 5.41) is 0. The summed E-state index contributed by atoms with van der Waals surface area (Å²) < 4.78 is 25.2. The van der Waals surface area contributed by atoms with E-state index in [0.717, 1.165) is 38.4 Å². The minimum atomic E-state index is -0.500. The van der Waals surface area contributed by atoms with Gasteiger partial charge in [0.05, 0.1) is 24.2 Å². The first kappa shape index (κ1) is 19.3. The maximum absolute atomic E-state index is 14.2. The molecule has 6 nitrogen and oxygen atoms in total. The highest BCUT2D eigenvalue weighted by Crippen LogP contribution is 2.43. The molecule has 1 spiro atoms. The zero-order chi connectivity index (χ0) is 19.7. The summed E-state index contributed by atoms with van der Waals surface area (Å²) in [5.74, 6) is -0.931. The molecule has 3 aliphatic heterocycles. The number of amides is 1. The lowest BCUT2D eigenvalue weighted by atomic mass is 9.76. The number of benzene rings is 1. The van der Waals surface area contributed by atoms with E-state index in [4.69, 9.17) is 9.47 Å². The van der Waals surface area contributed by atoms with E-state index in [1.807, 2.05) is 0 Å². The lowest BCUT2D eigenvalue weighted by molar-refractivity contribution is -0.151. The highest BCUT2D eigenvalue weighted by molar-refractivity contribution is 5.94. The average Bonchev–Trinajstić information content (AvgIpc) is 2.97. The summed E-state index contributed by atoms with van der Waals surface area (Å²) in [7, 11) is 0. The van der Waals surface area contributed by atoms with Crippen LogP contribution in [0.1, 0.15) is 35.2 Å². The smallest absolute Gasteiger partial charge is 0.312 e. The van der Waals surface area contributed by atoms with Crippen molar-refractivity contribution in [1.82, 2.24) is 9.80 Å². The van der Waals surface area contributed by atoms with Crippen LogP contribution in [0, 0.1) is 18.2 Å². The Bertz CT molecular complexity index is 755. The molecular weight excluding hydrogens is 363 g/mol. The van der Waals surface area contributed by atoms with E-state index in [1.54, 1.807) is 24.0 Å². The number of esters is 1. The van der Waals surface area contributed by atoms with Gasteiger partial charge in [-0.15, -0.1) is 0 Å². The van der Waals surface area contributed by atoms with Gasteiger partial charge in [0.1, 0.15) is 11.9 Å². The van der Waals surface area contributed by atoms with Crippen LogP contribution in [0.2, 0.25) is 0 Å². The van der Waals surface area contributed by atoms with E-state index < -0.39 is 11.2 Å². The Hall–Kier alpha value is -1.99. The summed E-state index contributed by atoms with van der Waals surface area (Å²) in [6, 6.07) is 4.66. The van der Waals surface area contributed by atoms with Crippen molar-refractivity contribution in [2.45, 2.75) is 32.3 Å². The molecule has 0 aliphatic carbocycles. The molecule has 3 heterocycles. The Morgan fingerprint density at radius 1 is 1.21 bits per heavy atom. The molecule has 0 N–H and O–H groups in total. The third-order valence-electron chi connectivity index (χ3n) is 6.25. The van der Waals surface area contributed by atoms with Crippen molar-refractivity contribution in [3.05, 3.63) is 35.1 Å². The van der Waals surface area contributed by atoms with Crippen LogP contribution < -0.4 is 0 Å². The molecule has 152 valence electrons. The Kier molecular flexibility index (Phi) is 5.38. The number of hydrogen-bond donors (Lipinski definition) is 0. The van der Waals surface area contributed by atoms with Crippen molar-refractivity contribution in [1.29, 1.82) is 0 Å². The minimum absolute atomic E-state index is 0.0950. The largest absolute Gasteiger partial charge is 0.461 e. The summed E-state index contributed by atoms with van der Waals surface area (Å²) in [6.45, 7) is 6.61. The summed E-state index contributed by atoms with van der Waals surface area (Å²) in [6.07, 6.45) is 1.75. The molecular formula is C21H27FN2O4. The zero-order valence-electron chi connectivity index (χ0n) is 16.3. The highest BCUT2D eigenvalue weighted by atomic mass is 19.1. The number of morpholine rings is 1. The second kappa shape index (κ2) is 7.79. The molecule has 0 aromatic heterocycles.